The molecule has 3 aromatic carbocycles. The maximum Gasteiger partial charge on any atom is 0.343 e. The lowest BCUT2D eigenvalue weighted by atomic mass is 10.1. The highest BCUT2D eigenvalue weighted by Crippen LogP contribution is 2.34. The van der Waals surface area contributed by atoms with Gasteiger partial charge in [-0.25, -0.2) is 4.79 Å². The summed E-state index contributed by atoms with van der Waals surface area (Å²) in [5.41, 5.74) is 4.93. The lowest BCUT2D eigenvalue weighted by Crippen LogP contribution is -2.44. The molecule has 182 valence electrons. The number of halogens is 1. The predicted molar refractivity (Wildman–Crippen MR) is 143 cm³/mol. The number of benzene rings is 3. The van der Waals surface area contributed by atoms with E-state index in [0.717, 1.165) is 22.3 Å². The van der Waals surface area contributed by atoms with Crippen LogP contribution < -0.4 is 14.9 Å². The standard InChI is InChI=1S/C26H19ClN2O5S2/c1-15-3-6-17(7-4-15)23(30)28-29-24(31)22(36-26(29)35)14-16-5-12-20(21(13-16)33-2)34-25(32)18-8-10-19(27)11-9-18/h3-14H,1-2H3,(H,28,30). The summed E-state index contributed by atoms with van der Waals surface area (Å²) in [5.74, 6) is -0.951. The molecule has 1 aliphatic rings. The van der Waals surface area contributed by atoms with Crippen LogP contribution in [-0.4, -0.2) is 34.2 Å². The van der Waals surface area contributed by atoms with Crippen molar-refractivity contribution in [3.63, 3.8) is 0 Å². The van der Waals surface area contributed by atoms with E-state index in [1.165, 1.54) is 7.11 Å². The van der Waals surface area contributed by atoms with Gasteiger partial charge in [-0.2, -0.15) is 5.01 Å². The summed E-state index contributed by atoms with van der Waals surface area (Å²) in [7, 11) is 1.44. The maximum atomic E-state index is 12.9. The van der Waals surface area contributed by atoms with E-state index in [-0.39, 0.29) is 10.1 Å². The van der Waals surface area contributed by atoms with Crippen LogP contribution in [0.4, 0.5) is 0 Å². The molecule has 10 heteroatoms. The fraction of sp³-hybridized carbons (Fsp3) is 0.0769. The number of thioether (sulfide) groups is 1. The van der Waals surface area contributed by atoms with E-state index < -0.39 is 17.8 Å². The van der Waals surface area contributed by atoms with Crippen LogP contribution in [-0.2, 0) is 4.79 Å². The highest BCUT2D eigenvalue weighted by atomic mass is 35.5. The van der Waals surface area contributed by atoms with E-state index >= 15 is 0 Å². The molecule has 1 N–H and O–H groups in total. The van der Waals surface area contributed by atoms with Crippen molar-refractivity contribution < 1.29 is 23.9 Å². The molecule has 3 aromatic rings. The summed E-state index contributed by atoms with van der Waals surface area (Å²) in [6.07, 6.45) is 1.62. The Labute approximate surface area is 222 Å². The highest BCUT2D eigenvalue weighted by Gasteiger charge is 2.33. The Morgan fingerprint density at radius 3 is 2.33 bits per heavy atom. The molecule has 0 radical (unpaired) electrons. The molecule has 1 heterocycles. The summed E-state index contributed by atoms with van der Waals surface area (Å²) < 4.78 is 11.0. The van der Waals surface area contributed by atoms with Gasteiger partial charge >= 0.3 is 5.97 Å². The van der Waals surface area contributed by atoms with Crippen molar-refractivity contribution in [2.75, 3.05) is 7.11 Å². The van der Waals surface area contributed by atoms with Gasteiger partial charge < -0.3 is 9.47 Å². The Hall–Kier alpha value is -3.66. The molecule has 1 aliphatic heterocycles. The molecule has 4 rings (SSSR count). The van der Waals surface area contributed by atoms with Crippen molar-refractivity contribution in [3.8, 4) is 11.5 Å². The molecule has 0 unspecified atom stereocenters. The van der Waals surface area contributed by atoms with Gasteiger partial charge in [-0.05, 0) is 79.3 Å². The van der Waals surface area contributed by atoms with E-state index in [1.807, 2.05) is 19.1 Å². The monoisotopic (exact) mass is 538 g/mol. The molecular weight excluding hydrogens is 520 g/mol. The fourth-order valence-electron chi connectivity index (χ4n) is 3.19. The number of esters is 1. The molecule has 7 nitrogen and oxygen atoms in total. The first-order chi connectivity index (χ1) is 17.2. The number of hydrazine groups is 1. The van der Waals surface area contributed by atoms with Gasteiger partial charge in [-0.3, -0.25) is 15.0 Å². The van der Waals surface area contributed by atoms with E-state index in [2.05, 4.69) is 5.43 Å². The number of carbonyl (C=O) groups excluding carboxylic acids is 3. The molecular formula is C26H19ClN2O5S2. The molecule has 0 atom stereocenters. The molecule has 0 saturated carbocycles. The van der Waals surface area contributed by atoms with Gasteiger partial charge in [-0.1, -0.05) is 47.1 Å². The average Bonchev–Trinajstić information content (AvgIpc) is 3.12. The summed E-state index contributed by atoms with van der Waals surface area (Å²) in [4.78, 5) is 38.2. The smallest absolute Gasteiger partial charge is 0.343 e. The number of nitrogens with one attached hydrogen (secondary N) is 1. The number of methoxy groups -OCH3 is 1. The molecule has 0 spiro atoms. The van der Waals surface area contributed by atoms with Gasteiger partial charge in [0.2, 0.25) is 0 Å². The molecule has 0 bridgehead atoms. The quantitative estimate of drug-likeness (QED) is 0.194. The zero-order valence-corrected chi connectivity index (χ0v) is 21.5. The Morgan fingerprint density at radius 2 is 1.67 bits per heavy atom. The van der Waals surface area contributed by atoms with Crippen molar-refractivity contribution in [3.05, 3.63) is 98.9 Å². The largest absolute Gasteiger partial charge is 0.493 e. The first-order valence-electron chi connectivity index (χ1n) is 10.6. The second kappa shape index (κ2) is 10.9. The van der Waals surface area contributed by atoms with Crippen LogP contribution in [0.25, 0.3) is 6.08 Å². The fourth-order valence-corrected chi connectivity index (χ4v) is 4.49. The number of nitrogens with zero attached hydrogens (tertiary/aromatic N) is 1. The van der Waals surface area contributed by atoms with Crippen LogP contribution in [0, 0.1) is 6.92 Å². The zero-order valence-electron chi connectivity index (χ0n) is 19.1. The van der Waals surface area contributed by atoms with Crippen molar-refractivity contribution in [2.24, 2.45) is 0 Å². The second-order valence-electron chi connectivity index (χ2n) is 7.63. The number of hydrogen-bond acceptors (Lipinski definition) is 7. The third-order valence-corrected chi connectivity index (χ3v) is 6.64. The van der Waals surface area contributed by atoms with Crippen molar-refractivity contribution in [1.82, 2.24) is 10.4 Å². The molecule has 1 saturated heterocycles. The molecule has 0 aliphatic carbocycles. The summed E-state index contributed by atoms with van der Waals surface area (Å²) in [6.45, 7) is 1.92. The number of thiocarbonyl (C=S) groups is 1. The molecule has 1 fully saturated rings. The number of aryl methyl sites for hydroxylation is 1. The van der Waals surface area contributed by atoms with Gasteiger partial charge in [0.05, 0.1) is 17.6 Å². The minimum absolute atomic E-state index is 0.201. The van der Waals surface area contributed by atoms with E-state index in [4.69, 9.17) is 33.3 Å². The minimum Gasteiger partial charge on any atom is -0.493 e. The second-order valence-corrected chi connectivity index (χ2v) is 9.74. The first-order valence-corrected chi connectivity index (χ1v) is 12.2. The Bertz CT molecular complexity index is 1390. The SMILES string of the molecule is COc1cc(C=C2SC(=S)N(NC(=O)c3ccc(C)cc3)C2=O)ccc1OC(=O)c1ccc(Cl)cc1. The maximum absolute atomic E-state index is 12.9. The molecule has 0 aromatic heterocycles. The number of amides is 2. The van der Waals surface area contributed by atoms with Crippen LogP contribution >= 0.6 is 35.6 Å². The summed E-state index contributed by atoms with van der Waals surface area (Å²) in [6, 6.07) is 18.1. The summed E-state index contributed by atoms with van der Waals surface area (Å²) in [5, 5.41) is 1.56. The van der Waals surface area contributed by atoms with Crippen molar-refractivity contribution in [2.45, 2.75) is 6.92 Å². The van der Waals surface area contributed by atoms with E-state index in [9.17, 15) is 14.4 Å². The number of rotatable bonds is 6. The topological polar surface area (TPSA) is 84.9 Å². The molecule has 2 amide bonds. The van der Waals surface area contributed by atoms with E-state index in [1.54, 1.807) is 60.7 Å². The van der Waals surface area contributed by atoms with Crippen molar-refractivity contribution >= 4 is 63.8 Å². The first kappa shape index (κ1) is 25.4. The Morgan fingerprint density at radius 1 is 1.00 bits per heavy atom. The summed E-state index contributed by atoms with van der Waals surface area (Å²) >= 11 is 12.2. The Kier molecular flexibility index (Phi) is 7.73. The highest BCUT2D eigenvalue weighted by molar-refractivity contribution is 8.26. The van der Waals surface area contributed by atoms with Crippen LogP contribution in [0.15, 0.2) is 71.6 Å². The van der Waals surface area contributed by atoms with Crippen LogP contribution in [0.1, 0.15) is 31.8 Å². The average molecular weight is 539 g/mol. The third kappa shape index (κ3) is 5.76. The number of carbonyl (C=O) groups is 3. The van der Waals surface area contributed by atoms with Crippen molar-refractivity contribution in [1.29, 1.82) is 0 Å². The van der Waals surface area contributed by atoms with Gasteiger partial charge in [0.15, 0.2) is 15.8 Å². The zero-order chi connectivity index (χ0) is 25.8. The van der Waals surface area contributed by atoms with Crippen LogP contribution in [0.3, 0.4) is 0 Å². The lowest BCUT2D eigenvalue weighted by molar-refractivity contribution is -0.123. The van der Waals surface area contributed by atoms with Gasteiger partial charge in [0, 0.05) is 10.6 Å². The minimum atomic E-state index is -0.567. The molecule has 36 heavy (non-hydrogen) atoms. The number of hydrogen-bond donors (Lipinski definition) is 1. The predicted octanol–water partition coefficient (Wildman–Crippen LogP) is 5.42. The van der Waals surface area contributed by atoms with E-state index in [0.29, 0.717) is 32.4 Å². The van der Waals surface area contributed by atoms with Gasteiger partial charge in [0.25, 0.3) is 11.8 Å². The third-order valence-electron chi connectivity index (χ3n) is 5.09. The van der Waals surface area contributed by atoms with Crippen LogP contribution in [0.5, 0.6) is 11.5 Å². The Balaban J connectivity index is 1.49. The van der Waals surface area contributed by atoms with Gasteiger partial charge in [0.1, 0.15) is 0 Å². The number of ether oxygens (including phenoxy) is 2. The normalized spacial score (nSPS) is 14.2. The van der Waals surface area contributed by atoms with Gasteiger partial charge in [-0.15, -0.1) is 0 Å². The lowest BCUT2D eigenvalue weighted by Gasteiger charge is -2.15. The van der Waals surface area contributed by atoms with Crippen LogP contribution in [0.2, 0.25) is 5.02 Å².